The minimum atomic E-state index is -1.04. The first-order valence-electron chi connectivity index (χ1n) is 11.6. The number of hydrazine groups is 1. The molecule has 1 aliphatic heterocycles. The highest BCUT2D eigenvalue weighted by Crippen LogP contribution is 2.57. The summed E-state index contributed by atoms with van der Waals surface area (Å²) in [6.45, 7) is 5.59. The van der Waals surface area contributed by atoms with E-state index in [0.29, 0.717) is 6.42 Å². The highest BCUT2D eigenvalue weighted by atomic mass is 79.9. The number of carboxylic acids is 1. The molecule has 0 saturated heterocycles. The van der Waals surface area contributed by atoms with Crippen LogP contribution in [0.5, 0.6) is 0 Å². The number of nitrogens with one attached hydrogen (secondary N) is 2. The second kappa shape index (κ2) is 7.63. The number of hydrogen-bond donors (Lipinski definition) is 3. The fourth-order valence-electron chi connectivity index (χ4n) is 5.46. The van der Waals surface area contributed by atoms with E-state index in [1.165, 1.54) is 0 Å². The fourth-order valence-corrected chi connectivity index (χ4v) is 6.14. The van der Waals surface area contributed by atoms with E-state index in [-0.39, 0.29) is 23.8 Å². The zero-order chi connectivity index (χ0) is 24.6. The van der Waals surface area contributed by atoms with Gasteiger partial charge in [0.25, 0.3) is 0 Å². The number of nitrogens with zero attached hydrogens (tertiary/aromatic N) is 3. The normalized spacial score (nSPS) is 25.1. The summed E-state index contributed by atoms with van der Waals surface area (Å²) < 4.78 is 7.11. The summed E-state index contributed by atoms with van der Waals surface area (Å²) in [5, 5.41) is 24.2. The van der Waals surface area contributed by atoms with Crippen molar-refractivity contribution < 1.29 is 19.1 Å². The van der Waals surface area contributed by atoms with Gasteiger partial charge in [0.05, 0.1) is 10.4 Å². The molecule has 3 unspecified atom stereocenters. The van der Waals surface area contributed by atoms with Gasteiger partial charge < -0.3 is 14.8 Å². The van der Waals surface area contributed by atoms with Gasteiger partial charge in [0.2, 0.25) is 11.6 Å². The van der Waals surface area contributed by atoms with E-state index in [9.17, 15) is 14.7 Å². The molecule has 4 atom stereocenters. The molecular formula is C25H24BrN5O4. The molecule has 1 amide bonds. The number of aryl methyl sites for hydroxylation is 1. The Hall–Kier alpha value is -3.24. The number of halogens is 1. The molecule has 1 spiro atoms. The van der Waals surface area contributed by atoms with Crippen LogP contribution >= 0.6 is 15.9 Å². The Labute approximate surface area is 209 Å². The summed E-state index contributed by atoms with van der Waals surface area (Å²) in [4.78, 5) is 24.7. The lowest BCUT2D eigenvalue weighted by Gasteiger charge is -2.37. The van der Waals surface area contributed by atoms with Gasteiger partial charge in [-0.15, -0.1) is 5.11 Å². The van der Waals surface area contributed by atoms with Gasteiger partial charge in [-0.05, 0) is 46.8 Å². The van der Waals surface area contributed by atoms with E-state index in [2.05, 4.69) is 32.0 Å². The third kappa shape index (κ3) is 3.02. The Kier molecular flexibility index (Phi) is 4.85. The van der Waals surface area contributed by atoms with Crippen LogP contribution in [0.2, 0.25) is 0 Å². The summed E-state index contributed by atoms with van der Waals surface area (Å²) in [6, 6.07) is 10.7. The van der Waals surface area contributed by atoms with E-state index in [1.54, 1.807) is 13.8 Å². The topological polar surface area (TPSA) is 120 Å². The van der Waals surface area contributed by atoms with Crippen LogP contribution in [0.1, 0.15) is 37.0 Å². The number of carbonyl (C=O) groups is 2. The van der Waals surface area contributed by atoms with Gasteiger partial charge in [-0.2, -0.15) is 5.01 Å². The molecule has 2 aliphatic carbocycles. The smallest absolute Gasteiger partial charge is 0.326 e. The first-order chi connectivity index (χ1) is 16.8. The average Bonchev–Trinajstić information content (AvgIpc) is 3.40. The molecule has 2 aromatic carbocycles. The van der Waals surface area contributed by atoms with Crippen molar-refractivity contribution in [1.29, 1.82) is 0 Å². The summed E-state index contributed by atoms with van der Waals surface area (Å²) in [7, 11) is 0. The fraction of sp³-hybridized carbons (Fsp3) is 0.360. The standard InChI is InChI=1S/C25H24BrN5O4/c1-11(2)21(24(33)34)27-23(32)14-10-16(14)31-25(28-29-30-31)15-7-5-4-6-13(15)22-20(26)18-17(35-22)9-8-12(3)19(18)25/h4-9,11,14,16,21H,10H2,1-3H3,(H,27,32)(H,28,30)(H,33,34)/t14?,16?,21-,25?/m0/s1. The maximum Gasteiger partial charge on any atom is 0.326 e. The Morgan fingerprint density at radius 1 is 1.29 bits per heavy atom. The van der Waals surface area contributed by atoms with E-state index in [1.807, 2.05) is 48.3 Å². The van der Waals surface area contributed by atoms with E-state index in [4.69, 9.17) is 9.53 Å². The SMILES string of the molecule is Cc1ccc2oc3c(Br)c2c1C1(N=NNN1C1CC1C(=O)N[C@H](C(=O)O)C(C)C)c1ccccc1-3. The van der Waals surface area contributed by atoms with Crippen LogP contribution in [0.3, 0.4) is 0 Å². The van der Waals surface area contributed by atoms with Crippen molar-refractivity contribution in [3.8, 4) is 11.3 Å². The first-order valence-corrected chi connectivity index (χ1v) is 12.4. The average molecular weight is 538 g/mol. The van der Waals surface area contributed by atoms with Crippen LogP contribution in [0.4, 0.5) is 0 Å². The minimum absolute atomic E-state index is 0.226. The lowest BCUT2D eigenvalue weighted by molar-refractivity contribution is -0.143. The Balaban J connectivity index is 1.46. The molecule has 10 heteroatoms. The molecule has 180 valence electrons. The molecule has 2 heterocycles. The van der Waals surface area contributed by atoms with Crippen molar-refractivity contribution >= 4 is 38.8 Å². The largest absolute Gasteiger partial charge is 0.480 e. The third-order valence-corrected chi connectivity index (χ3v) is 8.01. The van der Waals surface area contributed by atoms with Crippen LogP contribution in [-0.2, 0) is 15.3 Å². The second-order valence-electron chi connectivity index (χ2n) is 9.74. The first kappa shape index (κ1) is 22.2. The minimum Gasteiger partial charge on any atom is -0.480 e. The summed E-state index contributed by atoms with van der Waals surface area (Å²) in [6.07, 6.45) is 0.560. The van der Waals surface area contributed by atoms with E-state index >= 15 is 0 Å². The number of benzene rings is 2. The van der Waals surface area contributed by atoms with E-state index in [0.717, 1.165) is 43.5 Å². The van der Waals surface area contributed by atoms with Gasteiger partial charge in [0.1, 0.15) is 17.4 Å². The molecule has 3 aromatic rings. The predicted molar refractivity (Wildman–Crippen MR) is 131 cm³/mol. The van der Waals surface area contributed by atoms with Gasteiger partial charge >= 0.3 is 5.97 Å². The maximum absolute atomic E-state index is 13.1. The number of carboxylic acid groups (broad SMARTS) is 1. The van der Waals surface area contributed by atoms with Crippen molar-refractivity contribution in [2.45, 2.75) is 44.9 Å². The molecule has 3 aliphatic rings. The highest BCUT2D eigenvalue weighted by Gasteiger charge is 2.60. The van der Waals surface area contributed by atoms with Crippen LogP contribution < -0.4 is 10.9 Å². The van der Waals surface area contributed by atoms with Gasteiger partial charge in [0, 0.05) is 28.1 Å². The lowest BCUT2D eigenvalue weighted by Crippen LogP contribution is -2.51. The molecule has 1 fully saturated rings. The monoisotopic (exact) mass is 537 g/mol. The number of amides is 1. The summed E-state index contributed by atoms with van der Waals surface area (Å²) in [5.74, 6) is -1.19. The highest BCUT2D eigenvalue weighted by molar-refractivity contribution is 9.10. The van der Waals surface area contributed by atoms with E-state index < -0.39 is 17.7 Å². The van der Waals surface area contributed by atoms with Gasteiger partial charge in [0.15, 0.2) is 0 Å². The third-order valence-electron chi connectivity index (χ3n) is 7.25. The van der Waals surface area contributed by atoms with Gasteiger partial charge in [-0.1, -0.05) is 49.4 Å². The Bertz CT molecular complexity index is 1430. The van der Waals surface area contributed by atoms with Gasteiger partial charge in [-0.3, -0.25) is 4.79 Å². The molecule has 6 rings (SSSR count). The molecule has 1 saturated carbocycles. The zero-order valence-electron chi connectivity index (χ0n) is 19.4. The molecule has 9 nitrogen and oxygen atoms in total. The number of aliphatic carboxylic acids is 1. The van der Waals surface area contributed by atoms with Crippen molar-refractivity contribution in [2.75, 3.05) is 0 Å². The van der Waals surface area contributed by atoms with Crippen molar-refractivity contribution in [3.63, 3.8) is 0 Å². The number of furan rings is 1. The molecule has 3 N–H and O–H groups in total. The zero-order valence-corrected chi connectivity index (χ0v) is 21.0. The quantitative estimate of drug-likeness (QED) is 0.441. The lowest BCUT2D eigenvalue weighted by atomic mass is 9.84. The number of fused-ring (bicyclic) bond motifs is 5. The number of rotatable bonds is 5. The van der Waals surface area contributed by atoms with Crippen LogP contribution in [0.15, 0.2) is 55.6 Å². The molecular weight excluding hydrogens is 514 g/mol. The van der Waals surface area contributed by atoms with Crippen molar-refractivity contribution in [2.24, 2.45) is 22.2 Å². The Morgan fingerprint density at radius 2 is 2.06 bits per heavy atom. The van der Waals surface area contributed by atoms with Crippen LogP contribution in [-0.4, -0.2) is 34.1 Å². The summed E-state index contributed by atoms with van der Waals surface area (Å²) in [5.41, 5.74) is 6.55. The molecule has 2 bridgehead atoms. The maximum atomic E-state index is 13.1. The van der Waals surface area contributed by atoms with Crippen LogP contribution in [0.25, 0.3) is 22.3 Å². The van der Waals surface area contributed by atoms with Gasteiger partial charge in [-0.25, -0.2) is 10.3 Å². The molecule has 0 radical (unpaired) electrons. The van der Waals surface area contributed by atoms with Crippen molar-refractivity contribution in [1.82, 2.24) is 15.9 Å². The second-order valence-corrected chi connectivity index (χ2v) is 10.5. The molecule has 1 aromatic heterocycles. The number of carbonyl (C=O) groups excluding carboxylic acids is 1. The number of hydrogen-bond acceptors (Lipinski definition) is 7. The van der Waals surface area contributed by atoms with Crippen molar-refractivity contribution in [3.05, 3.63) is 57.6 Å². The Morgan fingerprint density at radius 3 is 2.80 bits per heavy atom. The molecule has 35 heavy (non-hydrogen) atoms. The summed E-state index contributed by atoms with van der Waals surface area (Å²) >= 11 is 3.77. The van der Waals surface area contributed by atoms with Crippen LogP contribution in [0, 0.1) is 18.8 Å². The predicted octanol–water partition coefficient (Wildman–Crippen LogP) is 4.49.